The summed E-state index contributed by atoms with van der Waals surface area (Å²) in [7, 11) is 0. The molecular formula is C14H24N2O2. The normalized spacial score (nSPS) is 30.6. The van der Waals surface area contributed by atoms with Crippen LogP contribution in [0.3, 0.4) is 0 Å². The van der Waals surface area contributed by atoms with Crippen molar-refractivity contribution in [3.8, 4) is 0 Å². The first-order chi connectivity index (χ1) is 8.45. The van der Waals surface area contributed by atoms with E-state index < -0.39 is 0 Å². The van der Waals surface area contributed by atoms with Crippen LogP contribution in [0.15, 0.2) is 0 Å². The van der Waals surface area contributed by atoms with Gasteiger partial charge in [0.1, 0.15) is 0 Å². The molecule has 4 nitrogen and oxygen atoms in total. The molecule has 4 heteroatoms. The van der Waals surface area contributed by atoms with Crippen LogP contribution in [0.25, 0.3) is 0 Å². The molecule has 0 spiro atoms. The van der Waals surface area contributed by atoms with Crippen LogP contribution in [0.2, 0.25) is 0 Å². The van der Waals surface area contributed by atoms with Crippen LogP contribution in [0.5, 0.6) is 0 Å². The van der Waals surface area contributed by atoms with E-state index in [1.54, 1.807) is 0 Å². The lowest BCUT2D eigenvalue weighted by atomic mass is 10.0. The number of likely N-dealkylation sites (tertiary alicyclic amines) is 1. The lowest BCUT2D eigenvalue weighted by molar-refractivity contribution is -0.143. The minimum Gasteiger partial charge on any atom is -0.312 e. The zero-order chi connectivity index (χ0) is 13.5. The molecule has 2 fully saturated rings. The fraction of sp³-hybridized carbons (Fsp3) is 0.857. The maximum atomic E-state index is 12.2. The number of hydrogen-bond acceptors (Lipinski definition) is 3. The number of fused-ring (bicyclic) bond motifs is 1. The first kappa shape index (κ1) is 13.5. The summed E-state index contributed by atoms with van der Waals surface area (Å²) in [5, 5.41) is 3.39. The average Bonchev–Trinajstić information content (AvgIpc) is 2.80. The van der Waals surface area contributed by atoms with Crippen LogP contribution in [0, 0.1) is 17.3 Å². The van der Waals surface area contributed by atoms with Crippen LogP contribution < -0.4 is 5.32 Å². The van der Waals surface area contributed by atoms with Gasteiger partial charge in [-0.3, -0.25) is 14.5 Å². The van der Waals surface area contributed by atoms with Gasteiger partial charge < -0.3 is 5.32 Å². The van der Waals surface area contributed by atoms with E-state index in [0.717, 1.165) is 19.4 Å². The van der Waals surface area contributed by atoms with Gasteiger partial charge in [-0.25, -0.2) is 0 Å². The van der Waals surface area contributed by atoms with E-state index in [0.29, 0.717) is 6.54 Å². The van der Waals surface area contributed by atoms with E-state index in [4.69, 9.17) is 0 Å². The van der Waals surface area contributed by atoms with E-state index in [1.807, 2.05) is 13.8 Å². The highest BCUT2D eigenvalue weighted by atomic mass is 16.2. The largest absolute Gasteiger partial charge is 0.312 e. The Balaban J connectivity index is 1.95. The molecule has 2 amide bonds. The Morgan fingerprint density at radius 2 is 1.78 bits per heavy atom. The van der Waals surface area contributed by atoms with Crippen molar-refractivity contribution >= 4 is 11.8 Å². The summed E-state index contributed by atoms with van der Waals surface area (Å²) in [6, 6.07) is 0.235. The number of nitrogens with one attached hydrogen (secondary N) is 1. The van der Waals surface area contributed by atoms with Crippen LogP contribution in [-0.4, -0.2) is 35.8 Å². The van der Waals surface area contributed by atoms with Crippen molar-refractivity contribution < 1.29 is 9.59 Å². The lowest BCUT2D eigenvalue weighted by Gasteiger charge is -2.25. The highest BCUT2D eigenvalue weighted by Crippen LogP contribution is 2.63. The summed E-state index contributed by atoms with van der Waals surface area (Å²) in [6.07, 6.45) is 2.01. The van der Waals surface area contributed by atoms with Gasteiger partial charge in [-0.2, -0.15) is 0 Å². The smallest absolute Gasteiger partial charge is 0.233 e. The summed E-state index contributed by atoms with van der Waals surface area (Å²) in [5.74, 6) is 0.000796. The summed E-state index contributed by atoms with van der Waals surface area (Å²) < 4.78 is 0. The van der Waals surface area contributed by atoms with Gasteiger partial charge in [0.15, 0.2) is 0 Å². The van der Waals surface area contributed by atoms with Crippen molar-refractivity contribution in [3.05, 3.63) is 0 Å². The second-order valence-corrected chi connectivity index (χ2v) is 6.12. The number of rotatable bonds is 6. The molecule has 102 valence electrons. The molecule has 1 aliphatic carbocycles. The van der Waals surface area contributed by atoms with Crippen molar-refractivity contribution in [2.75, 3.05) is 13.1 Å². The Kier molecular flexibility index (Phi) is 3.49. The van der Waals surface area contributed by atoms with E-state index in [-0.39, 0.29) is 35.1 Å². The highest BCUT2D eigenvalue weighted by molar-refractivity contribution is 6.10. The molecule has 0 aromatic heterocycles. The lowest BCUT2D eigenvalue weighted by Crippen LogP contribution is -2.46. The molecule has 2 aliphatic rings. The van der Waals surface area contributed by atoms with E-state index in [2.05, 4.69) is 19.2 Å². The molecule has 0 bridgehead atoms. The molecule has 18 heavy (non-hydrogen) atoms. The molecule has 1 N–H and O–H groups in total. The minimum atomic E-state index is -0.0940. The Labute approximate surface area is 109 Å². The van der Waals surface area contributed by atoms with Gasteiger partial charge >= 0.3 is 0 Å². The molecule has 3 unspecified atom stereocenters. The van der Waals surface area contributed by atoms with Crippen LogP contribution in [0.1, 0.15) is 40.5 Å². The summed E-state index contributed by atoms with van der Waals surface area (Å²) in [4.78, 5) is 25.8. The molecule has 0 aromatic rings. The van der Waals surface area contributed by atoms with Crippen molar-refractivity contribution in [2.45, 2.75) is 46.6 Å². The van der Waals surface area contributed by atoms with E-state index >= 15 is 0 Å². The Morgan fingerprint density at radius 1 is 1.22 bits per heavy atom. The minimum absolute atomic E-state index is 0.0475. The molecule has 0 aromatic carbocycles. The Bertz CT molecular complexity index is 341. The quantitative estimate of drug-likeness (QED) is 0.727. The third-order valence-electron chi connectivity index (χ3n) is 4.47. The number of carbonyl (C=O) groups is 2. The first-order valence-electron chi connectivity index (χ1n) is 7.03. The molecule has 3 atom stereocenters. The van der Waals surface area contributed by atoms with Gasteiger partial charge in [-0.15, -0.1) is 0 Å². The topological polar surface area (TPSA) is 49.4 Å². The predicted octanol–water partition coefficient (Wildman–Crippen LogP) is 1.41. The van der Waals surface area contributed by atoms with Gasteiger partial charge in [0.05, 0.1) is 11.8 Å². The average molecular weight is 252 g/mol. The maximum absolute atomic E-state index is 12.2. The van der Waals surface area contributed by atoms with Crippen molar-refractivity contribution in [1.82, 2.24) is 10.2 Å². The highest BCUT2D eigenvalue weighted by Gasteiger charge is 2.72. The fourth-order valence-electron chi connectivity index (χ4n) is 3.09. The second kappa shape index (κ2) is 4.65. The number of imide groups is 1. The number of carbonyl (C=O) groups excluding carboxylic acids is 2. The molecule has 1 saturated heterocycles. The van der Waals surface area contributed by atoms with Crippen LogP contribution >= 0.6 is 0 Å². The molecule has 2 rings (SSSR count). The van der Waals surface area contributed by atoms with Gasteiger partial charge in [-0.05, 0) is 24.8 Å². The molecule has 1 heterocycles. The van der Waals surface area contributed by atoms with Gasteiger partial charge in [0.2, 0.25) is 11.8 Å². The van der Waals surface area contributed by atoms with E-state index in [9.17, 15) is 9.59 Å². The Hall–Kier alpha value is -0.900. The van der Waals surface area contributed by atoms with Crippen molar-refractivity contribution in [2.24, 2.45) is 17.3 Å². The molecular weight excluding hydrogens is 228 g/mol. The third-order valence-corrected chi connectivity index (χ3v) is 4.47. The summed E-state index contributed by atoms with van der Waals surface area (Å²) in [5.41, 5.74) is -0.0940. The molecule has 1 saturated carbocycles. The zero-order valence-corrected chi connectivity index (χ0v) is 11.8. The molecule has 1 aliphatic heterocycles. The van der Waals surface area contributed by atoms with Gasteiger partial charge in [0, 0.05) is 12.6 Å². The maximum Gasteiger partial charge on any atom is 0.233 e. The van der Waals surface area contributed by atoms with Gasteiger partial charge in [-0.1, -0.05) is 27.7 Å². The zero-order valence-electron chi connectivity index (χ0n) is 11.8. The fourth-order valence-corrected chi connectivity index (χ4v) is 3.09. The van der Waals surface area contributed by atoms with Crippen molar-refractivity contribution in [3.63, 3.8) is 0 Å². The molecule has 0 radical (unpaired) electrons. The van der Waals surface area contributed by atoms with Crippen LogP contribution in [0.4, 0.5) is 0 Å². The number of piperidine rings is 1. The number of hydrogen-bond donors (Lipinski definition) is 1. The standard InChI is InChI=1S/C14H24N2O2/c1-5-7-15-9(6-2)8-16-12(17)10-11(13(16)18)14(10,3)4/h9-11,15H,5-8H2,1-4H3. The Morgan fingerprint density at radius 3 is 2.22 bits per heavy atom. The second-order valence-electron chi connectivity index (χ2n) is 6.12. The SMILES string of the molecule is CCCNC(CC)CN1C(=O)C2C(C1=O)C2(C)C. The van der Waals surface area contributed by atoms with Gasteiger partial charge in [0.25, 0.3) is 0 Å². The van der Waals surface area contributed by atoms with E-state index in [1.165, 1.54) is 4.90 Å². The van der Waals surface area contributed by atoms with Crippen LogP contribution in [-0.2, 0) is 9.59 Å². The first-order valence-corrected chi connectivity index (χ1v) is 7.03. The third kappa shape index (κ3) is 1.96. The van der Waals surface area contributed by atoms with Crippen molar-refractivity contribution in [1.29, 1.82) is 0 Å². The summed E-state index contributed by atoms with van der Waals surface area (Å²) >= 11 is 0. The predicted molar refractivity (Wildman–Crippen MR) is 69.9 cm³/mol. The number of nitrogens with zero attached hydrogens (tertiary/aromatic N) is 1. The summed E-state index contributed by atoms with van der Waals surface area (Å²) in [6.45, 7) is 9.71. The number of amides is 2. The monoisotopic (exact) mass is 252 g/mol.